The second kappa shape index (κ2) is 9.50. The number of aromatic carboxylic acids is 1. The van der Waals surface area contributed by atoms with E-state index in [1.165, 1.54) is 0 Å². The Morgan fingerprint density at radius 1 is 1.22 bits per heavy atom. The lowest BCUT2D eigenvalue weighted by Crippen LogP contribution is -2.32. The van der Waals surface area contributed by atoms with Gasteiger partial charge in [-0.25, -0.2) is 4.79 Å². The highest BCUT2D eigenvalue weighted by atomic mass is 32.1. The van der Waals surface area contributed by atoms with Gasteiger partial charge < -0.3 is 24.6 Å². The third-order valence-corrected chi connectivity index (χ3v) is 5.87. The van der Waals surface area contributed by atoms with Crippen molar-refractivity contribution >= 4 is 23.3 Å². The highest BCUT2D eigenvalue weighted by molar-refractivity contribution is 7.80. The van der Waals surface area contributed by atoms with E-state index < -0.39 is 5.97 Å². The van der Waals surface area contributed by atoms with Crippen LogP contribution in [0.2, 0.25) is 0 Å². The van der Waals surface area contributed by atoms with Crippen LogP contribution in [0.25, 0.3) is 11.3 Å². The fourth-order valence-electron chi connectivity index (χ4n) is 3.98. The number of thiocarbonyl (C=S) groups is 1. The second-order valence-electron chi connectivity index (χ2n) is 8.06. The van der Waals surface area contributed by atoms with Gasteiger partial charge in [-0.2, -0.15) is 0 Å². The van der Waals surface area contributed by atoms with Gasteiger partial charge >= 0.3 is 5.97 Å². The van der Waals surface area contributed by atoms with E-state index in [9.17, 15) is 9.90 Å². The lowest BCUT2D eigenvalue weighted by atomic mass is 10.0. The predicted molar refractivity (Wildman–Crippen MR) is 126 cm³/mol. The van der Waals surface area contributed by atoms with Gasteiger partial charge in [-0.1, -0.05) is 18.2 Å². The van der Waals surface area contributed by atoms with Crippen molar-refractivity contribution in [1.29, 1.82) is 0 Å². The molecule has 4 rings (SSSR count). The van der Waals surface area contributed by atoms with Gasteiger partial charge in [0.25, 0.3) is 0 Å². The van der Waals surface area contributed by atoms with Crippen LogP contribution in [0.15, 0.2) is 65.2 Å². The first-order valence-corrected chi connectivity index (χ1v) is 10.9. The molecule has 0 radical (unpaired) electrons. The molecule has 2 aromatic heterocycles. The van der Waals surface area contributed by atoms with Gasteiger partial charge in [0.15, 0.2) is 5.11 Å². The maximum atomic E-state index is 11.4. The molecular formula is C24H26N4O3S. The fraction of sp³-hybridized carbons (Fsp3) is 0.292. The Morgan fingerprint density at radius 3 is 2.78 bits per heavy atom. The molecule has 0 saturated carbocycles. The summed E-state index contributed by atoms with van der Waals surface area (Å²) in [5, 5.41) is 13.4. The topological polar surface area (TPSA) is 81.8 Å². The first-order chi connectivity index (χ1) is 15.4. The second-order valence-corrected chi connectivity index (χ2v) is 8.45. The molecule has 8 heteroatoms. The van der Waals surface area contributed by atoms with Crippen molar-refractivity contribution in [2.75, 3.05) is 27.2 Å². The SMILES string of the molecule is CN(C)CCCN1C(=S)NC(c2ccccn2)C1c1ccc(-c2cccc(C(=O)O)c2)o1. The summed E-state index contributed by atoms with van der Waals surface area (Å²) in [6.07, 6.45) is 2.73. The average molecular weight is 451 g/mol. The Hall–Kier alpha value is -3.23. The number of nitrogens with zero attached hydrogens (tertiary/aromatic N) is 3. The number of hydrogen-bond donors (Lipinski definition) is 2. The van der Waals surface area contributed by atoms with Crippen LogP contribution in [0.1, 0.15) is 40.3 Å². The number of carboxylic acids is 1. The van der Waals surface area contributed by atoms with E-state index in [1.54, 1.807) is 24.4 Å². The van der Waals surface area contributed by atoms with Crippen LogP contribution in [0, 0.1) is 0 Å². The first kappa shape index (κ1) is 22.0. The Kier molecular flexibility index (Phi) is 6.53. The maximum Gasteiger partial charge on any atom is 0.335 e. The zero-order chi connectivity index (χ0) is 22.7. The monoisotopic (exact) mass is 450 g/mol. The number of pyridine rings is 1. The number of rotatable bonds is 8. The Bertz CT molecular complexity index is 1100. The maximum absolute atomic E-state index is 11.4. The van der Waals surface area contributed by atoms with Crippen LogP contribution in [0.3, 0.4) is 0 Å². The summed E-state index contributed by atoms with van der Waals surface area (Å²) < 4.78 is 6.27. The van der Waals surface area contributed by atoms with Crippen LogP contribution in [-0.2, 0) is 0 Å². The summed E-state index contributed by atoms with van der Waals surface area (Å²) in [4.78, 5) is 20.2. The molecule has 0 aliphatic carbocycles. The van der Waals surface area contributed by atoms with E-state index in [2.05, 4.69) is 34.2 Å². The molecule has 3 heterocycles. The molecule has 1 aliphatic rings. The number of benzene rings is 1. The highest BCUT2D eigenvalue weighted by Crippen LogP contribution is 2.40. The van der Waals surface area contributed by atoms with E-state index in [0.29, 0.717) is 10.9 Å². The van der Waals surface area contributed by atoms with Crippen LogP contribution < -0.4 is 5.32 Å². The zero-order valence-electron chi connectivity index (χ0n) is 18.1. The minimum Gasteiger partial charge on any atom is -0.478 e. The predicted octanol–water partition coefficient (Wildman–Crippen LogP) is 3.96. The van der Waals surface area contributed by atoms with Crippen LogP contribution in [-0.4, -0.2) is 58.2 Å². The number of carboxylic acid groups (broad SMARTS) is 1. The zero-order valence-corrected chi connectivity index (χ0v) is 18.9. The van der Waals surface area contributed by atoms with E-state index in [1.807, 2.05) is 36.4 Å². The lowest BCUT2D eigenvalue weighted by molar-refractivity contribution is 0.0697. The summed E-state index contributed by atoms with van der Waals surface area (Å²) in [6.45, 7) is 1.73. The Balaban J connectivity index is 1.67. The molecule has 166 valence electrons. The molecule has 1 saturated heterocycles. The van der Waals surface area contributed by atoms with Gasteiger partial charge in [-0.05, 0) is 75.7 Å². The average Bonchev–Trinajstić information content (AvgIpc) is 3.39. The molecule has 0 spiro atoms. The minimum absolute atomic E-state index is 0.146. The van der Waals surface area contributed by atoms with Crippen LogP contribution in [0.4, 0.5) is 0 Å². The molecule has 2 unspecified atom stereocenters. The van der Waals surface area contributed by atoms with Crippen LogP contribution in [0.5, 0.6) is 0 Å². The molecule has 0 bridgehead atoms. The fourth-order valence-corrected chi connectivity index (χ4v) is 4.32. The summed E-state index contributed by atoms with van der Waals surface area (Å²) in [5.41, 5.74) is 1.83. The summed E-state index contributed by atoms with van der Waals surface area (Å²) in [5.74, 6) is 0.411. The molecule has 2 N–H and O–H groups in total. The molecule has 1 aromatic carbocycles. The Labute approximate surface area is 192 Å². The van der Waals surface area contributed by atoms with Crippen molar-refractivity contribution in [2.24, 2.45) is 0 Å². The molecule has 2 atom stereocenters. The highest BCUT2D eigenvalue weighted by Gasteiger charge is 2.41. The van der Waals surface area contributed by atoms with Crippen molar-refractivity contribution in [2.45, 2.75) is 18.5 Å². The van der Waals surface area contributed by atoms with Gasteiger partial charge in [0.1, 0.15) is 17.6 Å². The Morgan fingerprint density at radius 2 is 2.06 bits per heavy atom. The van der Waals surface area contributed by atoms with E-state index >= 15 is 0 Å². The summed E-state index contributed by atoms with van der Waals surface area (Å²) >= 11 is 5.69. The van der Waals surface area contributed by atoms with Gasteiger partial charge in [-0.15, -0.1) is 0 Å². The van der Waals surface area contributed by atoms with Crippen molar-refractivity contribution in [3.63, 3.8) is 0 Å². The molecule has 7 nitrogen and oxygen atoms in total. The largest absolute Gasteiger partial charge is 0.478 e. The number of aromatic nitrogens is 1. The van der Waals surface area contributed by atoms with Gasteiger partial charge in [0.05, 0.1) is 17.3 Å². The van der Waals surface area contributed by atoms with Crippen LogP contribution >= 0.6 is 12.2 Å². The van der Waals surface area contributed by atoms with Gasteiger partial charge in [-0.3, -0.25) is 4.98 Å². The normalized spacial score (nSPS) is 18.2. The van der Waals surface area contributed by atoms with E-state index in [0.717, 1.165) is 36.5 Å². The number of nitrogens with one attached hydrogen (secondary N) is 1. The minimum atomic E-state index is -0.966. The smallest absolute Gasteiger partial charge is 0.335 e. The number of hydrogen-bond acceptors (Lipinski definition) is 5. The standard InChI is InChI=1S/C24H26N4O3S/c1-27(2)13-6-14-28-22(21(26-24(28)32)18-9-3-4-12-25-18)20-11-10-19(31-20)16-7-5-8-17(15-16)23(29)30/h3-5,7-12,15,21-22H,6,13-14H2,1-2H3,(H,26,32)(H,29,30). The molecule has 3 aromatic rings. The summed E-state index contributed by atoms with van der Waals surface area (Å²) in [6, 6.07) is 16.1. The van der Waals surface area contributed by atoms with Gasteiger partial charge in [0.2, 0.25) is 0 Å². The van der Waals surface area contributed by atoms with Gasteiger partial charge in [0, 0.05) is 18.3 Å². The summed E-state index contributed by atoms with van der Waals surface area (Å²) in [7, 11) is 4.11. The third kappa shape index (κ3) is 4.66. The quantitative estimate of drug-likeness (QED) is 0.499. The van der Waals surface area contributed by atoms with Crippen molar-refractivity contribution in [1.82, 2.24) is 20.1 Å². The molecular weight excluding hydrogens is 424 g/mol. The first-order valence-electron chi connectivity index (χ1n) is 10.5. The molecule has 1 aliphatic heterocycles. The molecule has 1 fully saturated rings. The van der Waals surface area contributed by atoms with Crippen molar-refractivity contribution in [3.8, 4) is 11.3 Å². The van der Waals surface area contributed by atoms with Crippen molar-refractivity contribution in [3.05, 3.63) is 77.8 Å². The third-order valence-electron chi connectivity index (χ3n) is 5.51. The lowest BCUT2D eigenvalue weighted by Gasteiger charge is -2.26. The van der Waals surface area contributed by atoms with E-state index in [4.69, 9.17) is 16.6 Å². The number of carbonyl (C=O) groups is 1. The molecule has 0 amide bonds. The van der Waals surface area contributed by atoms with E-state index in [-0.39, 0.29) is 17.6 Å². The molecule has 32 heavy (non-hydrogen) atoms. The number of furan rings is 1. The van der Waals surface area contributed by atoms with Crippen molar-refractivity contribution < 1.29 is 14.3 Å².